The van der Waals surface area contributed by atoms with E-state index in [0.717, 1.165) is 11.1 Å². The predicted molar refractivity (Wildman–Crippen MR) is 79.0 cm³/mol. The molecule has 1 aromatic carbocycles. The first-order valence-corrected chi connectivity index (χ1v) is 6.84. The highest BCUT2D eigenvalue weighted by atomic mass is 35.5. The molecule has 0 bridgehead atoms. The lowest BCUT2D eigenvalue weighted by molar-refractivity contribution is 0.267. The Bertz CT molecular complexity index is 720. The van der Waals surface area contributed by atoms with Crippen LogP contribution in [-0.2, 0) is 0 Å². The monoisotopic (exact) mass is 297 g/mol. The van der Waals surface area contributed by atoms with Gasteiger partial charge in [0.25, 0.3) is 0 Å². The van der Waals surface area contributed by atoms with Gasteiger partial charge in [-0.1, -0.05) is 23.7 Å². The van der Waals surface area contributed by atoms with Gasteiger partial charge in [0, 0.05) is 17.1 Å². The number of hydrogen-bond acceptors (Lipinski definition) is 5. The van der Waals surface area contributed by atoms with Crippen LogP contribution in [0.15, 0.2) is 41.7 Å². The van der Waals surface area contributed by atoms with E-state index in [1.54, 1.807) is 17.1 Å². The van der Waals surface area contributed by atoms with Crippen LogP contribution in [0.3, 0.4) is 0 Å². The third-order valence-electron chi connectivity index (χ3n) is 3.75. The van der Waals surface area contributed by atoms with Gasteiger partial charge < -0.3 is 5.73 Å². The SMILES string of the molecule is N#CC1=C(N)N2NC[C@H](C#N)[C@@H]2C=C1c1ccc(Cl)cc1. The zero-order chi connectivity index (χ0) is 15.0. The van der Waals surface area contributed by atoms with Crippen LogP contribution in [0, 0.1) is 28.6 Å². The molecule has 1 saturated heterocycles. The molecule has 0 spiro atoms. The number of halogens is 1. The van der Waals surface area contributed by atoms with Crippen molar-refractivity contribution in [2.45, 2.75) is 6.04 Å². The highest BCUT2D eigenvalue weighted by Gasteiger charge is 2.38. The van der Waals surface area contributed by atoms with Gasteiger partial charge >= 0.3 is 0 Å². The number of rotatable bonds is 1. The van der Waals surface area contributed by atoms with E-state index in [1.165, 1.54) is 0 Å². The molecular weight excluding hydrogens is 286 g/mol. The molecule has 1 aromatic rings. The number of allylic oxidation sites excluding steroid dienone is 2. The molecule has 6 heteroatoms. The molecular formula is C15H12ClN5. The largest absolute Gasteiger partial charge is 0.383 e. The summed E-state index contributed by atoms with van der Waals surface area (Å²) in [6.45, 7) is 0.519. The molecule has 0 aliphatic carbocycles. The van der Waals surface area contributed by atoms with Crippen molar-refractivity contribution >= 4 is 17.2 Å². The van der Waals surface area contributed by atoms with Gasteiger partial charge in [0.05, 0.1) is 18.0 Å². The van der Waals surface area contributed by atoms with Crippen LogP contribution in [0.2, 0.25) is 5.02 Å². The van der Waals surface area contributed by atoms with E-state index < -0.39 is 0 Å². The van der Waals surface area contributed by atoms with Crippen LogP contribution in [-0.4, -0.2) is 17.6 Å². The number of nitriles is 2. The molecule has 5 nitrogen and oxygen atoms in total. The Balaban J connectivity index is 2.11. The predicted octanol–water partition coefficient (Wildman–Crippen LogP) is 1.76. The van der Waals surface area contributed by atoms with Crippen molar-refractivity contribution in [3.63, 3.8) is 0 Å². The Labute approximate surface area is 127 Å². The van der Waals surface area contributed by atoms with Gasteiger partial charge in [0.2, 0.25) is 0 Å². The summed E-state index contributed by atoms with van der Waals surface area (Å²) in [5.41, 5.74) is 11.2. The zero-order valence-corrected chi connectivity index (χ0v) is 11.8. The molecule has 3 N–H and O–H groups in total. The number of nitrogens with zero attached hydrogens (tertiary/aromatic N) is 3. The fourth-order valence-corrected chi connectivity index (χ4v) is 2.79. The van der Waals surface area contributed by atoms with Crippen LogP contribution in [0.1, 0.15) is 5.56 Å². The van der Waals surface area contributed by atoms with E-state index in [2.05, 4.69) is 17.6 Å². The van der Waals surface area contributed by atoms with Gasteiger partial charge in [-0.3, -0.25) is 5.01 Å². The van der Waals surface area contributed by atoms with E-state index in [0.29, 0.717) is 23.0 Å². The summed E-state index contributed by atoms with van der Waals surface area (Å²) < 4.78 is 0. The number of benzene rings is 1. The molecule has 2 heterocycles. The topological polar surface area (TPSA) is 88.9 Å². The van der Waals surface area contributed by atoms with Gasteiger partial charge in [0.1, 0.15) is 17.5 Å². The highest BCUT2D eigenvalue weighted by molar-refractivity contribution is 6.30. The van der Waals surface area contributed by atoms with Gasteiger partial charge in [0.15, 0.2) is 0 Å². The average Bonchev–Trinajstić information content (AvgIpc) is 2.91. The fourth-order valence-electron chi connectivity index (χ4n) is 2.66. The summed E-state index contributed by atoms with van der Waals surface area (Å²) in [7, 11) is 0. The number of hydrazine groups is 1. The molecule has 0 saturated carbocycles. The second-order valence-electron chi connectivity index (χ2n) is 4.92. The van der Waals surface area contributed by atoms with E-state index >= 15 is 0 Å². The maximum atomic E-state index is 9.42. The third-order valence-corrected chi connectivity index (χ3v) is 4.00. The second-order valence-corrected chi connectivity index (χ2v) is 5.35. The summed E-state index contributed by atoms with van der Waals surface area (Å²) in [6.07, 6.45) is 1.92. The molecule has 2 atom stereocenters. The lowest BCUT2D eigenvalue weighted by Crippen LogP contribution is -2.42. The molecule has 0 radical (unpaired) electrons. The second kappa shape index (κ2) is 5.14. The Hall–Kier alpha value is -2.47. The van der Waals surface area contributed by atoms with E-state index in [-0.39, 0.29) is 12.0 Å². The van der Waals surface area contributed by atoms with Crippen molar-refractivity contribution < 1.29 is 0 Å². The van der Waals surface area contributed by atoms with Gasteiger partial charge in [-0.05, 0) is 23.8 Å². The third kappa shape index (κ3) is 2.13. The maximum Gasteiger partial charge on any atom is 0.133 e. The lowest BCUT2D eigenvalue weighted by Gasteiger charge is -2.31. The minimum Gasteiger partial charge on any atom is -0.383 e. The summed E-state index contributed by atoms with van der Waals surface area (Å²) in [5, 5.41) is 21.0. The Morgan fingerprint density at radius 3 is 2.62 bits per heavy atom. The van der Waals surface area contributed by atoms with Crippen LogP contribution in [0.25, 0.3) is 5.57 Å². The molecule has 21 heavy (non-hydrogen) atoms. The molecule has 3 rings (SSSR count). The fraction of sp³-hybridized carbons (Fsp3) is 0.200. The molecule has 2 aliphatic heterocycles. The van der Waals surface area contributed by atoms with Crippen LogP contribution in [0.5, 0.6) is 0 Å². The van der Waals surface area contributed by atoms with E-state index in [1.807, 2.05) is 18.2 Å². The summed E-state index contributed by atoms with van der Waals surface area (Å²) in [5.74, 6) is 0.152. The van der Waals surface area contributed by atoms with Crippen molar-refractivity contribution in [1.29, 1.82) is 10.5 Å². The standard InChI is InChI=1S/C15H12ClN5/c16-11-3-1-9(2-4-11)12-5-14-10(6-17)8-20-21(14)15(19)13(12)7-18/h1-5,10,14,20H,8,19H2/t10-,14-/m0/s1. The summed E-state index contributed by atoms with van der Waals surface area (Å²) in [4.78, 5) is 0. The smallest absolute Gasteiger partial charge is 0.133 e. The van der Waals surface area contributed by atoms with Gasteiger partial charge in [-0.15, -0.1) is 0 Å². The lowest BCUT2D eigenvalue weighted by atomic mass is 9.90. The van der Waals surface area contributed by atoms with Crippen LogP contribution in [0.4, 0.5) is 0 Å². The molecule has 0 unspecified atom stereocenters. The quantitative estimate of drug-likeness (QED) is 0.824. The minimum absolute atomic E-state index is 0.169. The van der Waals surface area contributed by atoms with Gasteiger partial charge in [-0.25, -0.2) is 5.43 Å². The Kier molecular flexibility index (Phi) is 3.31. The molecule has 104 valence electrons. The number of hydrogen-bond donors (Lipinski definition) is 2. The molecule has 1 fully saturated rings. The maximum absolute atomic E-state index is 9.42. The van der Waals surface area contributed by atoms with Crippen molar-refractivity contribution in [2.24, 2.45) is 11.7 Å². The van der Waals surface area contributed by atoms with Crippen molar-refractivity contribution in [3.05, 3.63) is 52.3 Å². The first kappa shape index (κ1) is 13.5. The van der Waals surface area contributed by atoms with Crippen molar-refractivity contribution in [1.82, 2.24) is 10.4 Å². The molecule has 0 aromatic heterocycles. The summed E-state index contributed by atoms with van der Waals surface area (Å²) >= 11 is 5.90. The Morgan fingerprint density at radius 2 is 2.00 bits per heavy atom. The zero-order valence-electron chi connectivity index (χ0n) is 11.0. The van der Waals surface area contributed by atoms with Gasteiger partial charge in [-0.2, -0.15) is 10.5 Å². The Morgan fingerprint density at radius 1 is 1.29 bits per heavy atom. The van der Waals surface area contributed by atoms with Crippen LogP contribution >= 0.6 is 11.6 Å². The number of nitrogens with two attached hydrogens (primary N) is 1. The van der Waals surface area contributed by atoms with E-state index in [9.17, 15) is 10.5 Å². The highest BCUT2D eigenvalue weighted by Crippen LogP contribution is 2.35. The normalized spacial score (nSPS) is 24.1. The summed E-state index contributed by atoms with van der Waals surface area (Å²) in [6, 6.07) is 11.5. The minimum atomic E-state index is -0.203. The number of fused-ring (bicyclic) bond motifs is 1. The first-order chi connectivity index (χ1) is 10.2. The van der Waals surface area contributed by atoms with Crippen molar-refractivity contribution in [2.75, 3.05) is 6.54 Å². The van der Waals surface area contributed by atoms with Crippen molar-refractivity contribution in [3.8, 4) is 12.1 Å². The average molecular weight is 298 g/mol. The van der Waals surface area contributed by atoms with Crippen LogP contribution < -0.4 is 11.2 Å². The first-order valence-electron chi connectivity index (χ1n) is 6.46. The molecule has 0 amide bonds. The number of nitrogens with one attached hydrogen (secondary N) is 1. The van der Waals surface area contributed by atoms with E-state index in [4.69, 9.17) is 17.3 Å². The molecule has 2 aliphatic rings.